The van der Waals surface area contributed by atoms with E-state index in [1.807, 2.05) is 52.9 Å². The molecule has 3 atom stereocenters. The second-order valence-electron chi connectivity index (χ2n) is 8.76. The van der Waals surface area contributed by atoms with Crippen LogP contribution in [0.4, 0.5) is 14.9 Å². The summed E-state index contributed by atoms with van der Waals surface area (Å²) in [7, 11) is 1.58. The van der Waals surface area contributed by atoms with Gasteiger partial charge >= 0.3 is 6.03 Å². The van der Waals surface area contributed by atoms with Gasteiger partial charge in [0.15, 0.2) is 0 Å². The lowest BCUT2D eigenvalue weighted by Crippen LogP contribution is -2.50. The zero-order valence-electron chi connectivity index (χ0n) is 20.8. The van der Waals surface area contributed by atoms with Crippen molar-refractivity contribution in [3.8, 4) is 5.75 Å². The van der Waals surface area contributed by atoms with Gasteiger partial charge in [-0.15, -0.1) is 0 Å². The normalized spacial score (nSPS) is 16.6. The molecule has 1 aliphatic heterocycles. The fourth-order valence-electron chi connectivity index (χ4n) is 4.29. The summed E-state index contributed by atoms with van der Waals surface area (Å²) in [6.45, 7) is 2.56. The van der Waals surface area contributed by atoms with E-state index in [1.165, 1.54) is 12.1 Å². The maximum atomic E-state index is 14.5. The summed E-state index contributed by atoms with van der Waals surface area (Å²) in [5, 5.41) is 5.26. The van der Waals surface area contributed by atoms with Crippen molar-refractivity contribution in [2.75, 3.05) is 25.6 Å². The van der Waals surface area contributed by atoms with Crippen LogP contribution in [0.2, 0.25) is 0 Å². The van der Waals surface area contributed by atoms with Gasteiger partial charge in [0.25, 0.3) is 5.91 Å². The van der Waals surface area contributed by atoms with Crippen molar-refractivity contribution in [2.24, 2.45) is 0 Å². The molecule has 1 fully saturated rings. The number of carbonyl (C=O) groups excluding carboxylic acids is 3. The highest BCUT2D eigenvalue weighted by Gasteiger charge is 2.47. The molecule has 0 aliphatic carbocycles. The van der Waals surface area contributed by atoms with Crippen LogP contribution in [0, 0.1) is 9.39 Å². The summed E-state index contributed by atoms with van der Waals surface area (Å²) in [5.74, 6) is -1.84. The minimum absolute atomic E-state index is 0.0339. The highest BCUT2D eigenvalue weighted by atomic mass is 127. The number of imide groups is 1. The second kappa shape index (κ2) is 12.4. The summed E-state index contributed by atoms with van der Waals surface area (Å²) in [6, 6.07) is 17.3. The number of halogens is 2. The van der Waals surface area contributed by atoms with E-state index in [4.69, 9.17) is 9.47 Å². The zero-order chi connectivity index (χ0) is 27.2. The van der Waals surface area contributed by atoms with Crippen LogP contribution in [0.3, 0.4) is 0 Å². The summed E-state index contributed by atoms with van der Waals surface area (Å²) < 4.78 is 25.7. The number of methoxy groups -OCH3 is 1. The van der Waals surface area contributed by atoms with E-state index in [1.54, 1.807) is 44.4 Å². The minimum Gasteiger partial charge on any atom is -0.491 e. The number of hydrogen-bond donors (Lipinski definition) is 2. The first-order valence-electron chi connectivity index (χ1n) is 12.0. The second-order valence-corrected chi connectivity index (χ2v) is 10.0. The van der Waals surface area contributed by atoms with Crippen LogP contribution in [0.25, 0.3) is 0 Å². The minimum atomic E-state index is -1.23. The van der Waals surface area contributed by atoms with Crippen molar-refractivity contribution < 1.29 is 28.2 Å². The van der Waals surface area contributed by atoms with E-state index in [-0.39, 0.29) is 5.69 Å². The van der Waals surface area contributed by atoms with Gasteiger partial charge in [-0.25, -0.2) is 14.1 Å². The van der Waals surface area contributed by atoms with E-state index in [9.17, 15) is 18.8 Å². The number of nitrogens with one attached hydrogen (secondary N) is 2. The highest BCUT2D eigenvalue weighted by Crippen LogP contribution is 2.32. The standard InChI is InChI=1S/C28H27FIN3O5/c1-17(18-6-4-3-5-7-18)25(26(34)31-23-13-10-20(30)16-22(23)29)33-27(35)24(32-28(33)36)19-8-11-21(12-9-19)38-15-14-37-2/h3-13,16-17,24-25H,14-15H2,1-2H3,(H,31,34)(H,32,36)/t17-,24+,25?/m0/s1. The molecule has 10 heteroatoms. The van der Waals surface area contributed by atoms with Crippen molar-refractivity contribution in [1.29, 1.82) is 0 Å². The van der Waals surface area contributed by atoms with Gasteiger partial charge in [-0.05, 0) is 64.0 Å². The van der Waals surface area contributed by atoms with Crippen molar-refractivity contribution in [3.63, 3.8) is 0 Å². The topological polar surface area (TPSA) is 97.0 Å². The third-order valence-corrected chi connectivity index (χ3v) is 6.95. The Bertz CT molecular complexity index is 1310. The molecule has 8 nitrogen and oxygen atoms in total. The van der Waals surface area contributed by atoms with E-state index in [0.29, 0.717) is 28.1 Å². The maximum Gasteiger partial charge on any atom is 0.325 e. The lowest BCUT2D eigenvalue weighted by atomic mass is 9.91. The molecule has 0 spiro atoms. The van der Waals surface area contributed by atoms with Gasteiger partial charge in [0, 0.05) is 16.6 Å². The molecule has 1 aliphatic rings. The molecule has 2 N–H and O–H groups in total. The number of amides is 4. The Hall–Kier alpha value is -3.51. The average Bonchev–Trinajstić information content (AvgIpc) is 3.20. The molecule has 3 aromatic rings. The van der Waals surface area contributed by atoms with Crippen LogP contribution in [-0.2, 0) is 14.3 Å². The van der Waals surface area contributed by atoms with Gasteiger partial charge in [0.1, 0.15) is 30.3 Å². The Kier molecular flexibility index (Phi) is 8.95. The Morgan fingerprint density at radius 2 is 1.79 bits per heavy atom. The third kappa shape index (κ3) is 6.13. The Morgan fingerprint density at radius 1 is 1.08 bits per heavy atom. The van der Waals surface area contributed by atoms with E-state index in [2.05, 4.69) is 10.6 Å². The number of anilines is 1. The molecule has 0 aromatic heterocycles. The van der Waals surface area contributed by atoms with Gasteiger partial charge in [-0.1, -0.05) is 49.4 Å². The molecule has 38 heavy (non-hydrogen) atoms. The van der Waals surface area contributed by atoms with Crippen molar-refractivity contribution >= 4 is 46.1 Å². The number of benzene rings is 3. The summed E-state index contributed by atoms with van der Waals surface area (Å²) in [4.78, 5) is 41.3. The average molecular weight is 631 g/mol. The number of ether oxygens (including phenoxy) is 2. The molecule has 3 aromatic carbocycles. The molecule has 1 heterocycles. The Labute approximate surface area is 233 Å². The van der Waals surface area contributed by atoms with Crippen LogP contribution in [-0.4, -0.2) is 49.1 Å². The van der Waals surface area contributed by atoms with Crippen LogP contribution in [0.5, 0.6) is 5.75 Å². The summed E-state index contributed by atoms with van der Waals surface area (Å²) >= 11 is 1.97. The van der Waals surface area contributed by atoms with Crippen molar-refractivity contribution in [3.05, 3.63) is 93.3 Å². The maximum absolute atomic E-state index is 14.5. The number of nitrogens with zero attached hydrogens (tertiary/aromatic N) is 1. The molecule has 4 amide bonds. The Balaban J connectivity index is 1.62. The number of hydrogen-bond acceptors (Lipinski definition) is 5. The van der Waals surface area contributed by atoms with Crippen LogP contribution < -0.4 is 15.4 Å². The van der Waals surface area contributed by atoms with E-state index < -0.39 is 41.7 Å². The van der Waals surface area contributed by atoms with Gasteiger partial charge < -0.3 is 20.1 Å². The summed E-state index contributed by atoms with van der Waals surface area (Å²) in [5.41, 5.74) is 1.26. The molecule has 0 saturated carbocycles. The number of carbonyl (C=O) groups is 3. The first kappa shape index (κ1) is 27.5. The SMILES string of the molecule is COCCOc1ccc([C@H]2NC(=O)N(C(C(=O)Nc3ccc(I)cc3F)[C@@H](C)c3ccccc3)C2=O)cc1. The zero-order valence-corrected chi connectivity index (χ0v) is 23.0. The lowest BCUT2D eigenvalue weighted by molar-refractivity contribution is -0.134. The van der Waals surface area contributed by atoms with Crippen LogP contribution >= 0.6 is 22.6 Å². The van der Waals surface area contributed by atoms with Crippen LogP contribution in [0.15, 0.2) is 72.8 Å². The van der Waals surface area contributed by atoms with Crippen molar-refractivity contribution in [2.45, 2.75) is 24.9 Å². The molecule has 0 radical (unpaired) electrons. The fourth-order valence-corrected chi connectivity index (χ4v) is 4.74. The lowest BCUT2D eigenvalue weighted by Gasteiger charge is -2.30. The van der Waals surface area contributed by atoms with E-state index >= 15 is 0 Å². The van der Waals surface area contributed by atoms with Gasteiger partial charge in [-0.2, -0.15) is 0 Å². The van der Waals surface area contributed by atoms with Gasteiger partial charge in [-0.3, -0.25) is 9.59 Å². The molecule has 4 rings (SSSR count). The van der Waals surface area contributed by atoms with Gasteiger partial charge in [0.05, 0.1) is 12.3 Å². The predicted octanol–water partition coefficient (Wildman–Crippen LogP) is 4.86. The quantitative estimate of drug-likeness (QED) is 0.189. The predicted molar refractivity (Wildman–Crippen MR) is 148 cm³/mol. The molecule has 1 unspecified atom stereocenters. The number of urea groups is 1. The monoisotopic (exact) mass is 631 g/mol. The van der Waals surface area contributed by atoms with Crippen LogP contribution in [0.1, 0.15) is 30.0 Å². The molecule has 1 saturated heterocycles. The smallest absolute Gasteiger partial charge is 0.325 e. The Morgan fingerprint density at radius 3 is 2.45 bits per heavy atom. The van der Waals surface area contributed by atoms with Gasteiger partial charge in [0.2, 0.25) is 5.91 Å². The largest absolute Gasteiger partial charge is 0.491 e. The summed E-state index contributed by atoms with van der Waals surface area (Å²) in [6.07, 6.45) is 0. The third-order valence-electron chi connectivity index (χ3n) is 6.28. The van der Waals surface area contributed by atoms with Crippen molar-refractivity contribution in [1.82, 2.24) is 10.2 Å². The number of rotatable bonds is 10. The first-order valence-corrected chi connectivity index (χ1v) is 13.0. The fraction of sp³-hybridized carbons (Fsp3) is 0.250. The van der Waals surface area contributed by atoms with E-state index in [0.717, 1.165) is 10.5 Å². The highest BCUT2D eigenvalue weighted by molar-refractivity contribution is 14.1. The molecule has 198 valence electrons. The molecular weight excluding hydrogens is 604 g/mol. The molecule has 0 bridgehead atoms. The first-order chi connectivity index (χ1) is 18.3. The molecular formula is C28H27FIN3O5.